The lowest BCUT2D eigenvalue weighted by Gasteiger charge is -2.15. The van der Waals surface area contributed by atoms with Crippen LogP contribution in [0.25, 0.3) is 16.7 Å². The first-order chi connectivity index (χ1) is 10.4. The number of fused-ring (bicyclic) bond motifs is 1. The van der Waals surface area contributed by atoms with Crippen LogP contribution in [0.4, 0.5) is 13.2 Å². The van der Waals surface area contributed by atoms with Gasteiger partial charge in [-0.1, -0.05) is 24.3 Å². The van der Waals surface area contributed by atoms with Crippen molar-refractivity contribution in [2.75, 3.05) is 0 Å². The van der Waals surface area contributed by atoms with Gasteiger partial charge < -0.3 is 5.11 Å². The SMILES string of the molecule is Cc1c(CO)cccc1-n1c(C(F)(F)F)nc2ccccc21. The molecule has 1 N–H and O–H groups in total. The van der Waals surface area contributed by atoms with E-state index in [4.69, 9.17) is 0 Å². The Morgan fingerprint density at radius 1 is 1.09 bits per heavy atom. The molecular weight excluding hydrogens is 293 g/mol. The fourth-order valence-electron chi connectivity index (χ4n) is 2.54. The number of hydrogen-bond acceptors (Lipinski definition) is 2. The summed E-state index contributed by atoms with van der Waals surface area (Å²) in [4.78, 5) is 3.73. The Hall–Kier alpha value is -2.34. The molecule has 2 aromatic carbocycles. The fourth-order valence-corrected chi connectivity index (χ4v) is 2.54. The summed E-state index contributed by atoms with van der Waals surface area (Å²) in [6.45, 7) is 1.46. The molecule has 0 aliphatic carbocycles. The maximum Gasteiger partial charge on any atom is 0.450 e. The van der Waals surface area contributed by atoms with Crippen LogP contribution in [0.15, 0.2) is 42.5 Å². The maximum absolute atomic E-state index is 13.4. The monoisotopic (exact) mass is 306 g/mol. The van der Waals surface area contributed by atoms with Crippen molar-refractivity contribution in [3.8, 4) is 5.69 Å². The van der Waals surface area contributed by atoms with Crippen molar-refractivity contribution < 1.29 is 18.3 Å². The number of aromatic nitrogens is 2. The molecule has 0 aliphatic rings. The van der Waals surface area contributed by atoms with Crippen LogP contribution < -0.4 is 0 Å². The second-order valence-electron chi connectivity index (χ2n) is 4.98. The summed E-state index contributed by atoms with van der Waals surface area (Å²) in [6.07, 6.45) is -4.57. The quantitative estimate of drug-likeness (QED) is 0.781. The van der Waals surface area contributed by atoms with E-state index in [1.165, 1.54) is 0 Å². The van der Waals surface area contributed by atoms with E-state index in [1.54, 1.807) is 49.4 Å². The highest BCUT2D eigenvalue weighted by molar-refractivity contribution is 5.78. The number of para-hydroxylation sites is 2. The van der Waals surface area contributed by atoms with E-state index in [-0.39, 0.29) is 12.1 Å². The molecule has 114 valence electrons. The number of alkyl halides is 3. The summed E-state index contributed by atoms with van der Waals surface area (Å²) in [5.41, 5.74) is 2.21. The highest BCUT2D eigenvalue weighted by Gasteiger charge is 2.38. The van der Waals surface area contributed by atoms with Gasteiger partial charge in [-0.2, -0.15) is 13.2 Å². The van der Waals surface area contributed by atoms with E-state index in [0.717, 1.165) is 4.57 Å². The van der Waals surface area contributed by atoms with E-state index >= 15 is 0 Å². The first kappa shape index (κ1) is 14.6. The Balaban J connectivity index is 2.39. The fraction of sp³-hybridized carbons (Fsp3) is 0.188. The van der Waals surface area contributed by atoms with Crippen molar-refractivity contribution in [3.05, 3.63) is 59.4 Å². The largest absolute Gasteiger partial charge is 0.450 e. The van der Waals surface area contributed by atoms with Crippen LogP contribution in [0.2, 0.25) is 0 Å². The molecule has 0 saturated carbocycles. The first-order valence-electron chi connectivity index (χ1n) is 6.68. The number of imidazole rings is 1. The molecule has 22 heavy (non-hydrogen) atoms. The number of nitrogens with zero attached hydrogens (tertiary/aromatic N) is 2. The van der Waals surface area contributed by atoms with Crippen LogP contribution >= 0.6 is 0 Å². The van der Waals surface area contributed by atoms with E-state index in [1.807, 2.05) is 0 Å². The molecule has 0 aliphatic heterocycles. The number of rotatable bonds is 2. The molecule has 0 amide bonds. The van der Waals surface area contributed by atoms with Gasteiger partial charge in [0, 0.05) is 0 Å². The summed E-state index contributed by atoms with van der Waals surface area (Å²) in [7, 11) is 0. The van der Waals surface area contributed by atoms with Crippen molar-refractivity contribution >= 4 is 11.0 Å². The molecule has 0 fully saturated rings. The molecule has 0 unspecified atom stereocenters. The molecule has 6 heteroatoms. The molecule has 3 nitrogen and oxygen atoms in total. The Labute approximate surface area is 124 Å². The van der Waals surface area contributed by atoms with E-state index in [2.05, 4.69) is 4.98 Å². The third kappa shape index (κ3) is 2.25. The summed E-state index contributed by atoms with van der Waals surface area (Å²) < 4.78 is 41.2. The summed E-state index contributed by atoms with van der Waals surface area (Å²) in [6, 6.07) is 11.4. The zero-order valence-corrected chi connectivity index (χ0v) is 11.7. The van der Waals surface area contributed by atoms with Gasteiger partial charge in [-0.3, -0.25) is 4.57 Å². The van der Waals surface area contributed by atoms with E-state index in [9.17, 15) is 18.3 Å². The number of benzene rings is 2. The van der Waals surface area contributed by atoms with Crippen molar-refractivity contribution in [1.82, 2.24) is 9.55 Å². The van der Waals surface area contributed by atoms with Crippen LogP contribution in [0.5, 0.6) is 0 Å². The Morgan fingerprint density at radius 3 is 2.50 bits per heavy atom. The lowest BCUT2D eigenvalue weighted by Crippen LogP contribution is -2.15. The molecule has 0 saturated heterocycles. The second-order valence-corrected chi connectivity index (χ2v) is 4.98. The van der Waals surface area contributed by atoms with E-state index < -0.39 is 12.0 Å². The summed E-state index contributed by atoms with van der Waals surface area (Å²) in [5.74, 6) is -0.966. The van der Waals surface area contributed by atoms with Gasteiger partial charge in [0.15, 0.2) is 0 Å². The number of halogens is 3. The first-order valence-corrected chi connectivity index (χ1v) is 6.68. The topological polar surface area (TPSA) is 38.0 Å². The second kappa shape index (κ2) is 5.14. The maximum atomic E-state index is 13.4. The van der Waals surface area contributed by atoms with Crippen LogP contribution in [-0.4, -0.2) is 14.7 Å². The third-order valence-corrected chi connectivity index (χ3v) is 3.64. The minimum absolute atomic E-state index is 0.229. The van der Waals surface area contributed by atoms with Crippen LogP contribution in [0, 0.1) is 6.92 Å². The van der Waals surface area contributed by atoms with Gasteiger partial charge >= 0.3 is 6.18 Å². The van der Waals surface area contributed by atoms with Gasteiger partial charge in [-0.05, 0) is 36.2 Å². The van der Waals surface area contributed by atoms with Gasteiger partial charge in [0.1, 0.15) is 0 Å². The van der Waals surface area contributed by atoms with Crippen molar-refractivity contribution in [3.63, 3.8) is 0 Å². The minimum atomic E-state index is -4.57. The lowest BCUT2D eigenvalue weighted by atomic mass is 10.1. The predicted molar refractivity (Wildman–Crippen MR) is 76.7 cm³/mol. The normalized spacial score (nSPS) is 12.0. The highest BCUT2D eigenvalue weighted by atomic mass is 19.4. The van der Waals surface area contributed by atoms with Gasteiger partial charge in [-0.15, -0.1) is 0 Å². The van der Waals surface area contributed by atoms with Crippen LogP contribution in [0.1, 0.15) is 17.0 Å². The minimum Gasteiger partial charge on any atom is -0.392 e. The summed E-state index contributed by atoms with van der Waals surface area (Å²) in [5, 5.41) is 9.34. The van der Waals surface area contributed by atoms with Gasteiger partial charge in [0.05, 0.1) is 23.3 Å². The number of hydrogen-bond donors (Lipinski definition) is 1. The molecular formula is C16H13F3N2O. The number of aliphatic hydroxyl groups is 1. The van der Waals surface area contributed by atoms with Crippen LogP contribution in [0.3, 0.4) is 0 Å². The van der Waals surface area contributed by atoms with Gasteiger partial charge in [0.25, 0.3) is 0 Å². The molecule has 1 aromatic heterocycles. The molecule has 1 heterocycles. The number of aliphatic hydroxyl groups excluding tert-OH is 1. The standard InChI is InChI=1S/C16H13F3N2O/c1-10-11(9-22)5-4-8-13(10)21-14-7-3-2-6-12(14)20-15(21)16(17,18)19/h2-8,22H,9H2,1H3. The predicted octanol–water partition coefficient (Wildman–Crippen LogP) is 3.85. The average molecular weight is 306 g/mol. The smallest absolute Gasteiger partial charge is 0.392 e. The van der Waals surface area contributed by atoms with E-state index in [0.29, 0.717) is 22.3 Å². The van der Waals surface area contributed by atoms with Gasteiger partial charge in [0.2, 0.25) is 5.82 Å². The van der Waals surface area contributed by atoms with Crippen molar-refractivity contribution in [1.29, 1.82) is 0 Å². The van der Waals surface area contributed by atoms with Gasteiger partial charge in [-0.25, -0.2) is 4.98 Å². The molecule has 0 bridgehead atoms. The van der Waals surface area contributed by atoms with Crippen molar-refractivity contribution in [2.24, 2.45) is 0 Å². The lowest BCUT2D eigenvalue weighted by molar-refractivity contribution is -0.145. The zero-order chi connectivity index (χ0) is 15.9. The Morgan fingerprint density at radius 2 is 1.82 bits per heavy atom. The molecule has 0 atom stereocenters. The molecule has 0 spiro atoms. The van der Waals surface area contributed by atoms with Crippen molar-refractivity contribution in [2.45, 2.75) is 19.7 Å². The zero-order valence-electron chi connectivity index (χ0n) is 11.7. The summed E-state index contributed by atoms with van der Waals surface area (Å²) >= 11 is 0. The highest BCUT2D eigenvalue weighted by Crippen LogP contribution is 2.34. The average Bonchev–Trinajstić information content (AvgIpc) is 2.87. The molecule has 3 rings (SSSR count). The third-order valence-electron chi connectivity index (χ3n) is 3.64. The Kier molecular flexibility index (Phi) is 3.41. The molecule has 0 radical (unpaired) electrons. The van der Waals surface area contributed by atoms with Crippen LogP contribution in [-0.2, 0) is 12.8 Å². The Bertz CT molecular complexity index is 837. The molecule has 3 aromatic rings.